The molecule has 6 nitrogen and oxygen atoms in total. The zero-order valence-corrected chi connectivity index (χ0v) is 15.5. The lowest BCUT2D eigenvalue weighted by molar-refractivity contribution is -0.162. The van der Waals surface area contributed by atoms with Crippen LogP contribution in [-0.2, 0) is 14.3 Å². The highest BCUT2D eigenvalue weighted by Gasteiger charge is 2.32. The Morgan fingerprint density at radius 3 is 2.85 bits per heavy atom. The molecule has 1 aliphatic heterocycles. The third-order valence-corrected chi connectivity index (χ3v) is 3.74. The molecule has 0 atom stereocenters. The number of allylic oxidation sites excluding steroid dienone is 7. The second-order valence-electron chi connectivity index (χ2n) is 6.35. The van der Waals surface area contributed by atoms with Gasteiger partial charge in [0.1, 0.15) is 5.76 Å². The second-order valence-corrected chi connectivity index (χ2v) is 6.35. The molecule has 0 bridgehead atoms. The quantitative estimate of drug-likeness (QED) is 0.768. The minimum Gasteiger partial charge on any atom is -0.476 e. The van der Waals surface area contributed by atoms with Crippen LogP contribution in [0, 0.1) is 0 Å². The normalized spacial score (nSPS) is 23.1. The van der Waals surface area contributed by atoms with Crippen molar-refractivity contribution in [3.63, 3.8) is 0 Å². The Balaban J connectivity index is 2.17. The highest BCUT2D eigenvalue weighted by Crippen LogP contribution is 2.25. The maximum Gasteiger partial charge on any atom is 0.349 e. The molecular weight excluding hydrogens is 330 g/mol. The summed E-state index contributed by atoms with van der Waals surface area (Å²) in [6.45, 7) is 10.0. The van der Waals surface area contributed by atoms with E-state index >= 15 is 0 Å². The molecule has 0 saturated heterocycles. The summed E-state index contributed by atoms with van der Waals surface area (Å²) in [6, 6.07) is 0. The molecule has 6 heteroatoms. The smallest absolute Gasteiger partial charge is 0.349 e. The lowest BCUT2D eigenvalue weighted by Crippen LogP contribution is -2.36. The average molecular weight is 355 g/mol. The average Bonchev–Trinajstić information content (AvgIpc) is 2.71. The molecule has 1 aliphatic carbocycles. The number of aliphatic imine (C=N–C) groups is 2. The van der Waals surface area contributed by atoms with E-state index in [1.54, 1.807) is 33.1 Å². The van der Waals surface area contributed by atoms with Crippen molar-refractivity contribution in [3.05, 3.63) is 59.4 Å². The Morgan fingerprint density at radius 1 is 1.35 bits per heavy atom. The number of hydrogen-bond donors (Lipinski definition) is 1. The largest absolute Gasteiger partial charge is 0.476 e. The third kappa shape index (κ3) is 5.31. The zero-order valence-electron chi connectivity index (χ0n) is 15.5. The van der Waals surface area contributed by atoms with Gasteiger partial charge in [-0.15, -0.1) is 0 Å². The van der Waals surface area contributed by atoms with Crippen molar-refractivity contribution in [2.24, 2.45) is 15.7 Å². The van der Waals surface area contributed by atoms with Gasteiger partial charge >= 0.3 is 5.97 Å². The number of guanidine groups is 1. The van der Waals surface area contributed by atoms with Crippen LogP contribution < -0.4 is 5.73 Å². The molecule has 138 valence electrons. The number of esters is 1. The number of ether oxygens (including phenoxy) is 2. The maximum atomic E-state index is 12.0. The van der Waals surface area contributed by atoms with Crippen LogP contribution in [0.2, 0.25) is 0 Å². The van der Waals surface area contributed by atoms with E-state index in [1.165, 1.54) is 0 Å². The topological polar surface area (TPSA) is 86.3 Å². The van der Waals surface area contributed by atoms with Crippen LogP contribution in [-0.4, -0.2) is 36.9 Å². The monoisotopic (exact) mass is 355 g/mol. The minimum atomic E-state index is -1.09. The van der Waals surface area contributed by atoms with Crippen molar-refractivity contribution < 1.29 is 14.3 Å². The molecule has 0 spiro atoms. The molecule has 2 aliphatic rings. The maximum absolute atomic E-state index is 12.0. The molecule has 0 aromatic heterocycles. The van der Waals surface area contributed by atoms with Crippen LogP contribution in [0.5, 0.6) is 0 Å². The van der Waals surface area contributed by atoms with E-state index in [1.807, 2.05) is 24.3 Å². The third-order valence-electron chi connectivity index (χ3n) is 3.74. The number of hydrogen-bond acceptors (Lipinski definition) is 6. The summed E-state index contributed by atoms with van der Waals surface area (Å²) in [5.74, 6) is 0.419. The molecule has 0 aromatic carbocycles. The van der Waals surface area contributed by atoms with Crippen LogP contribution in [0.25, 0.3) is 0 Å². The number of rotatable bonds is 5. The molecule has 0 saturated carbocycles. The molecule has 2 N–H and O–H groups in total. The first-order valence-electron chi connectivity index (χ1n) is 8.52. The van der Waals surface area contributed by atoms with Gasteiger partial charge in [0.2, 0.25) is 5.96 Å². The van der Waals surface area contributed by atoms with E-state index in [2.05, 4.69) is 16.6 Å². The lowest BCUT2D eigenvalue weighted by Gasteiger charge is -2.24. The highest BCUT2D eigenvalue weighted by molar-refractivity contribution is 5.90. The SMILES string of the molecule is C=C1C=C(OC(C)(C)C(=O)OCC)C=CC(/C2=C/C=N\C(N)=N/CC2)=C1. The summed E-state index contributed by atoms with van der Waals surface area (Å²) in [6.07, 6.45) is 11.8. The predicted octanol–water partition coefficient (Wildman–Crippen LogP) is 3.00. The van der Waals surface area contributed by atoms with Crippen molar-refractivity contribution in [1.82, 2.24) is 0 Å². The minimum absolute atomic E-state index is 0.286. The molecule has 0 unspecified atom stereocenters. The van der Waals surface area contributed by atoms with E-state index in [0.717, 1.165) is 23.1 Å². The second kappa shape index (κ2) is 8.47. The van der Waals surface area contributed by atoms with E-state index < -0.39 is 11.6 Å². The Morgan fingerprint density at radius 2 is 2.12 bits per heavy atom. The van der Waals surface area contributed by atoms with Crippen LogP contribution in [0.15, 0.2) is 69.4 Å². The zero-order chi connectivity index (χ0) is 19.2. The Hall–Kier alpha value is -2.89. The van der Waals surface area contributed by atoms with E-state index in [-0.39, 0.29) is 5.96 Å². The van der Waals surface area contributed by atoms with Crippen molar-refractivity contribution in [2.75, 3.05) is 13.2 Å². The van der Waals surface area contributed by atoms with E-state index in [0.29, 0.717) is 18.9 Å². The fourth-order valence-electron chi connectivity index (χ4n) is 2.46. The van der Waals surface area contributed by atoms with Gasteiger partial charge in [0, 0.05) is 12.8 Å². The van der Waals surface area contributed by atoms with Gasteiger partial charge in [0.15, 0.2) is 5.60 Å². The number of carbonyl (C=O) groups is 1. The summed E-state index contributed by atoms with van der Waals surface area (Å²) < 4.78 is 10.9. The Labute approximate surface area is 154 Å². The summed E-state index contributed by atoms with van der Waals surface area (Å²) in [7, 11) is 0. The molecule has 1 heterocycles. The molecule has 0 fully saturated rings. The summed E-state index contributed by atoms with van der Waals surface area (Å²) in [4.78, 5) is 20.2. The first-order chi connectivity index (χ1) is 12.3. The van der Waals surface area contributed by atoms with E-state index in [4.69, 9.17) is 15.2 Å². The van der Waals surface area contributed by atoms with Crippen molar-refractivity contribution in [2.45, 2.75) is 32.8 Å². The van der Waals surface area contributed by atoms with Crippen molar-refractivity contribution in [1.29, 1.82) is 0 Å². The van der Waals surface area contributed by atoms with E-state index in [9.17, 15) is 4.79 Å². The summed E-state index contributed by atoms with van der Waals surface area (Å²) >= 11 is 0. The summed E-state index contributed by atoms with van der Waals surface area (Å²) in [5.41, 5.74) is 7.35. The lowest BCUT2D eigenvalue weighted by atomic mass is 10.0. The molecule has 2 rings (SSSR count). The highest BCUT2D eigenvalue weighted by atomic mass is 16.6. The number of nitrogens with two attached hydrogens (primary N) is 1. The summed E-state index contributed by atoms with van der Waals surface area (Å²) in [5, 5.41) is 0. The van der Waals surface area contributed by atoms with Gasteiger partial charge in [-0.3, -0.25) is 4.99 Å². The predicted molar refractivity (Wildman–Crippen MR) is 104 cm³/mol. The molecule has 0 radical (unpaired) electrons. The van der Waals surface area contributed by atoms with Gasteiger partial charge < -0.3 is 15.2 Å². The number of carbonyl (C=O) groups excluding carboxylic acids is 1. The standard InChI is InChI=1S/C20H25N3O3/c1-5-25-18(24)20(3,4)26-17-7-6-16(12-14(2)13-17)15-8-10-22-19(21)23-11-9-15/h6-8,10,12-13H,2,5,9,11H2,1,3-4H3,(H2,21,23)/b15-8+,22-10-. The van der Waals surface area contributed by atoms with Gasteiger partial charge in [0.25, 0.3) is 0 Å². The number of nitrogens with zero attached hydrogens (tertiary/aromatic N) is 2. The first-order valence-corrected chi connectivity index (χ1v) is 8.52. The van der Waals surface area contributed by atoms with Crippen LogP contribution >= 0.6 is 0 Å². The first kappa shape index (κ1) is 19.4. The molecular formula is C20H25N3O3. The fraction of sp³-hybridized carbons (Fsp3) is 0.350. The van der Waals surface area contributed by atoms with Crippen LogP contribution in [0.3, 0.4) is 0 Å². The van der Waals surface area contributed by atoms with Gasteiger partial charge in [-0.25, -0.2) is 9.79 Å². The van der Waals surface area contributed by atoms with Crippen molar-refractivity contribution in [3.8, 4) is 0 Å². The fourth-order valence-corrected chi connectivity index (χ4v) is 2.46. The van der Waals surface area contributed by atoms with Crippen LogP contribution in [0.1, 0.15) is 27.2 Å². The molecule has 26 heavy (non-hydrogen) atoms. The van der Waals surface area contributed by atoms with Crippen LogP contribution in [0.4, 0.5) is 0 Å². The Kier molecular flexibility index (Phi) is 6.33. The molecule has 0 amide bonds. The van der Waals surface area contributed by atoms with Gasteiger partial charge in [-0.2, -0.15) is 0 Å². The van der Waals surface area contributed by atoms with Gasteiger partial charge in [-0.1, -0.05) is 12.7 Å². The van der Waals surface area contributed by atoms with Gasteiger partial charge in [-0.05, 0) is 68.2 Å². The van der Waals surface area contributed by atoms with Crippen molar-refractivity contribution >= 4 is 18.1 Å². The molecule has 0 aromatic rings. The van der Waals surface area contributed by atoms with Gasteiger partial charge in [0.05, 0.1) is 6.61 Å². The Bertz CT molecular complexity index is 765.